The van der Waals surface area contributed by atoms with E-state index in [1.807, 2.05) is 36.4 Å². The molecule has 5 nitrogen and oxygen atoms in total. The Hall–Kier alpha value is -2.37. The molecule has 0 aliphatic heterocycles. The van der Waals surface area contributed by atoms with Crippen molar-refractivity contribution in [2.75, 3.05) is 6.54 Å². The number of nitrogens with one attached hydrogen (secondary N) is 1. The van der Waals surface area contributed by atoms with Gasteiger partial charge in [0.25, 0.3) is 0 Å². The lowest BCUT2D eigenvalue weighted by atomic mass is 9.99. The molecule has 2 aromatic carbocycles. The van der Waals surface area contributed by atoms with Crippen molar-refractivity contribution in [3.63, 3.8) is 0 Å². The molecule has 0 radical (unpaired) electrons. The number of hydrogen-bond donors (Lipinski definition) is 2. The predicted molar refractivity (Wildman–Crippen MR) is 105 cm³/mol. The number of carbonyl (C=O) groups is 1. The number of benzene rings is 2. The lowest BCUT2D eigenvalue weighted by Crippen LogP contribution is -2.33. The van der Waals surface area contributed by atoms with Crippen molar-refractivity contribution in [3.05, 3.63) is 65.4 Å². The maximum absolute atomic E-state index is 12.2. The van der Waals surface area contributed by atoms with E-state index in [0.29, 0.717) is 23.7 Å². The fraction of sp³-hybridized carbons (Fsp3) is 0.300. The monoisotopic (exact) mass is 373 g/mol. The van der Waals surface area contributed by atoms with E-state index in [1.165, 1.54) is 5.56 Å². The number of halogens is 1. The van der Waals surface area contributed by atoms with Crippen molar-refractivity contribution in [3.8, 4) is 0 Å². The molecule has 0 aliphatic carbocycles. The van der Waals surface area contributed by atoms with Gasteiger partial charge in [-0.3, -0.25) is 4.79 Å². The van der Waals surface area contributed by atoms with E-state index in [-0.39, 0.29) is 30.8 Å². The fourth-order valence-corrected chi connectivity index (χ4v) is 2.75. The lowest BCUT2D eigenvalue weighted by Gasteiger charge is -2.14. The first-order chi connectivity index (χ1) is 12.0. The van der Waals surface area contributed by atoms with Crippen molar-refractivity contribution >= 4 is 29.3 Å². The molecule has 0 spiro atoms. The summed E-state index contributed by atoms with van der Waals surface area (Å²) in [4.78, 5) is 12.2. The summed E-state index contributed by atoms with van der Waals surface area (Å²) < 4.78 is 5.22. The third-order valence-corrected chi connectivity index (χ3v) is 4.33. The summed E-state index contributed by atoms with van der Waals surface area (Å²) in [6.45, 7) is 4.70. The van der Waals surface area contributed by atoms with Gasteiger partial charge in [-0.1, -0.05) is 55.4 Å². The largest absolute Gasteiger partial charge is 0.356 e. The Balaban J connectivity index is 0.00000243. The number of carbonyl (C=O) groups excluding carboxylic acids is 1. The molecule has 1 unspecified atom stereocenters. The van der Waals surface area contributed by atoms with Crippen LogP contribution in [-0.2, 0) is 11.2 Å². The van der Waals surface area contributed by atoms with Crippen LogP contribution in [0.5, 0.6) is 0 Å². The van der Waals surface area contributed by atoms with Gasteiger partial charge < -0.3 is 15.6 Å². The number of rotatable bonds is 6. The Morgan fingerprint density at radius 2 is 1.77 bits per heavy atom. The molecule has 1 heterocycles. The molecule has 138 valence electrons. The van der Waals surface area contributed by atoms with E-state index >= 15 is 0 Å². The summed E-state index contributed by atoms with van der Waals surface area (Å²) in [7, 11) is 0. The van der Waals surface area contributed by atoms with Crippen molar-refractivity contribution in [1.29, 1.82) is 0 Å². The number of nitrogens with two attached hydrogens (primary N) is 1. The summed E-state index contributed by atoms with van der Waals surface area (Å²) in [5.41, 5.74) is 9.80. The van der Waals surface area contributed by atoms with Crippen LogP contribution in [-0.4, -0.2) is 17.6 Å². The average molecular weight is 374 g/mol. The first-order valence-corrected chi connectivity index (χ1v) is 8.50. The third-order valence-electron chi connectivity index (χ3n) is 4.33. The zero-order chi connectivity index (χ0) is 17.8. The Morgan fingerprint density at radius 3 is 2.46 bits per heavy atom. The Bertz CT molecular complexity index is 859. The molecule has 0 fully saturated rings. The molecule has 0 bridgehead atoms. The molecule has 0 saturated heterocycles. The SMILES string of the molecule is CC(C)c1ccc(C(N)CNC(=O)Cc2noc3ccccc23)cc1.Cl. The van der Waals surface area contributed by atoms with E-state index in [1.54, 1.807) is 0 Å². The van der Waals surface area contributed by atoms with Gasteiger partial charge in [0.1, 0.15) is 5.69 Å². The highest BCUT2D eigenvalue weighted by molar-refractivity contribution is 5.86. The molecular formula is C20H24ClN3O2. The van der Waals surface area contributed by atoms with Gasteiger partial charge in [0, 0.05) is 18.0 Å². The molecule has 0 aliphatic rings. The van der Waals surface area contributed by atoms with Gasteiger partial charge in [-0.2, -0.15) is 0 Å². The molecule has 6 heteroatoms. The molecule has 3 aromatic rings. The molecule has 1 aromatic heterocycles. The highest BCUT2D eigenvalue weighted by Crippen LogP contribution is 2.19. The molecule has 0 saturated carbocycles. The van der Waals surface area contributed by atoms with Crippen molar-refractivity contribution < 1.29 is 9.32 Å². The maximum Gasteiger partial charge on any atom is 0.226 e. The Labute approximate surface area is 159 Å². The van der Waals surface area contributed by atoms with Gasteiger partial charge in [0.2, 0.25) is 5.91 Å². The molecule has 3 N–H and O–H groups in total. The van der Waals surface area contributed by atoms with Gasteiger partial charge in [-0.05, 0) is 29.2 Å². The third kappa shape index (κ3) is 4.62. The maximum atomic E-state index is 12.2. The number of para-hydroxylation sites is 1. The number of hydrogen-bond acceptors (Lipinski definition) is 4. The van der Waals surface area contributed by atoms with E-state index in [9.17, 15) is 4.79 Å². The zero-order valence-corrected chi connectivity index (χ0v) is 15.8. The number of nitrogens with zero attached hydrogens (tertiary/aromatic N) is 1. The number of aromatic nitrogens is 1. The van der Waals surface area contributed by atoms with Gasteiger partial charge in [-0.25, -0.2) is 0 Å². The second-order valence-corrected chi connectivity index (χ2v) is 6.53. The van der Waals surface area contributed by atoms with Crippen LogP contribution >= 0.6 is 12.4 Å². The van der Waals surface area contributed by atoms with Crippen LogP contribution in [0.4, 0.5) is 0 Å². The van der Waals surface area contributed by atoms with Crippen LogP contribution < -0.4 is 11.1 Å². The van der Waals surface area contributed by atoms with E-state index < -0.39 is 0 Å². The summed E-state index contributed by atoms with van der Waals surface area (Å²) in [5.74, 6) is 0.371. The minimum Gasteiger partial charge on any atom is -0.356 e. The lowest BCUT2D eigenvalue weighted by molar-refractivity contribution is -0.120. The summed E-state index contributed by atoms with van der Waals surface area (Å²) in [6, 6.07) is 15.5. The van der Waals surface area contributed by atoms with E-state index in [0.717, 1.165) is 10.9 Å². The Morgan fingerprint density at radius 1 is 1.12 bits per heavy atom. The van der Waals surface area contributed by atoms with Gasteiger partial charge in [-0.15, -0.1) is 12.4 Å². The zero-order valence-electron chi connectivity index (χ0n) is 14.9. The topological polar surface area (TPSA) is 81.1 Å². The highest BCUT2D eigenvalue weighted by Gasteiger charge is 2.13. The molecular weight excluding hydrogens is 350 g/mol. The second-order valence-electron chi connectivity index (χ2n) is 6.53. The minimum absolute atomic E-state index is 0. The molecule has 1 amide bonds. The van der Waals surface area contributed by atoms with Crippen LogP contribution in [0.2, 0.25) is 0 Å². The molecule has 3 rings (SSSR count). The van der Waals surface area contributed by atoms with Crippen molar-refractivity contribution in [2.24, 2.45) is 5.73 Å². The van der Waals surface area contributed by atoms with E-state index in [2.05, 4.69) is 36.5 Å². The van der Waals surface area contributed by atoms with E-state index in [4.69, 9.17) is 10.3 Å². The normalized spacial score (nSPS) is 12.0. The van der Waals surface area contributed by atoms with Crippen LogP contribution in [0.15, 0.2) is 53.1 Å². The summed E-state index contributed by atoms with van der Waals surface area (Å²) in [5, 5.41) is 7.72. The van der Waals surface area contributed by atoms with Crippen LogP contribution in [0.3, 0.4) is 0 Å². The highest BCUT2D eigenvalue weighted by atomic mass is 35.5. The standard InChI is InChI=1S/C20H23N3O2.ClH/c1-13(2)14-7-9-15(10-8-14)17(21)12-22-20(24)11-18-16-5-3-4-6-19(16)25-23-18;/h3-10,13,17H,11-12,21H2,1-2H3,(H,22,24);1H. The van der Waals surface area contributed by atoms with Gasteiger partial charge >= 0.3 is 0 Å². The van der Waals surface area contributed by atoms with Crippen LogP contribution in [0.25, 0.3) is 11.0 Å². The molecule has 26 heavy (non-hydrogen) atoms. The fourth-order valence-electron chi connectivity index (χ4n) is 2.75. The first-order valence-electron chi connectivity index (χ1n) is 8.50. The average Bonchev–Trinajstić information content (AvgIpc) is 3.03. The van der Waals surface area contributed by atoms with Crippen molar-refractivity contribution in [2.45, 2.75) is 32.2 Å². The van der Waals surface area contributed by atoms with Crippen LogP contribution in [0.1, 0.15) is 42.6 Å². The van der Waals surface area contributed by atoms with Gasteiger partial charge in [0.05, 0.1) is 6.42 Å². The smallest absolute Gasteiger partial charge is 0.226 e. The first kappa shape index (κ1) is 19.9. The summed E-state index contributed by atoms with van der Waals surface area (Å²) in [6.07, 6.45) is 0.177. The Kier molecular flexibility index (Phi) is 6.77. The number of amides is 1. The van der Waals surface area contributed by atoms with Crippen LogP contribution in [0, 0.1) is 0 Å². The second kappa shape index (κ2) is 8.83. The summed E-state index contributed by atoms with van der Waals surface area (Å²) >= 11 is 0. The molecule has 1 atom stereocenters. The number of fused-ring (bicyclic) bond motifs is 1. The quantitative estimate of drug-likeness (QED) is 0.689. The van der Waals surface area contributed by atoms with Crippen molar-refractivity contribution in [1.82, 2.24) is 10.5 Å². The van der Waals surface area contributed by atoms with Gasteiger partial charge in [0.15, 0.2) is 5.58 Å². The minimum atomic E-state index is -0.237. The predicted octanol–water partition coefficient (Wildman–Crippen LogP) is 3.73.